The molecule has 0 bridgehead atoms. The van der Waals surface area contributed by atoms with E-state index in [2.05, 4.69) is 0 Å². The Labute approximate surface area is 105 Å². The lowest BCUT2D eigenvalue weighted by atomic mass is 10.2. The highest BCUT2D eigenvalue weighted by atomic mass is 16.5. The van der Waals surface area contributed by atoms with E-state index in [4.69, 9.17) is 4.74 Å². The minimum Gasteiger partial charge on any atom is -0.507 e. The van der Waals surface area contributed by atoms with Gasteiger partial charge in [0.25, 0.3) is 0 Å². The van der Waals surface area contributed by atoms with Crippen LogP contribution in [0.5, 0.6) is 11.5 Å². The Hall–Kier alpha value is -2.04. The molecule has 1 unspecified atom stereocenters. The zero-order chi connectivity index (χ0) is 13.0. The first-order chi connectivity index (χ1) is 8.76. The number of benzene rings is 1. The lowest BCUT2D eigenvalue weighted by Crippen LogP contribution is -2.33. The Kier molecular flexibility index (Phi) is 3.82. The molecule has 5 nitrogen and oxygen atoms in total. The first-order valence-electron chi connectivity index (χ1n) is 5.87. The Balaban J connectivity index is 2.04. The fourth-order valence-electron chi connectivity index (χ4n) is 2.14. The van der Waals surface area contributed by atoms with Crippen molar-refractivity contribution in [1.29, 1.82) is 0 Å². The molecule has 0 aromatic heterocycles. The summed E-state index contributed by atoms with van der Waals surface area (Å²) in [4.78, 5) is 23.3. The van der Waals surface area contributed by atoms with Crippen molar-refractivity contribution in [1.82, 2.24) is 4.90 Å². The van der Waals surface area contributed by atoms with Crippen LogP contribution < -0.4 is 4.74 Å². The van der Waals surface area contributed by atoms with Crippen molar-refractivity contribution in [3.8, 4) is 11.5 Å². The molecule has 0 saturated carbocycles. The smallest absolute Gasteiger partial charge is 0.210 e. The molecule has 5 heteroatoms. The molecule has 1 heterocycles. The molecular weight excluding hydrogens is 234 g/mol. The first kappa shape index (κ1) is 12.4. The van der Waals surface area contributed by atoms with E-state index in [1.54, 1.807) is 17.0 Å². The van der Waals surface area contributed by atoms with Gasteiger partial charge in [0.15, 0.2) is 6.29 Å². The quantitative estimate of drug-likeness (QED) is 0.796. The lowest BCUT2D eigenvalue weighted by Gasteiger charge is -2.20. The predicted octanol–water partition coefficient (Wildman–Crippen LogP) is 1.20. The summed E-state index contributed by atoms with van der Waals surface area (Å²) >= 11 is 0. The van der Waals surface area contributed by atoms with Gasteiger partial charge in [-0.2, -0.15) is 0 Å². The highest BCUT2D eigenvalue weighted by Crippen LogP contribution is 2.26. The second-order valence-electron chi connectivity index (χ2n) is 4.26. The highest BCUT2D eigenvalue weighted by molar-refractivity contribution is 5.83. The van der Waals surface area contributed by atoms with Crippen LogP contribution in [0.3, 0.4) is 0 Å². The van der Waals surface area contributed by atoms with E-state index >= 15 is 0 Å². The summed E-state index contributed by atoms with van der Waals surface area (Å²) in [7, 11) is 0. The van der Waals surface area contributed by atoms with Crippen LogP contribution >= 0.6 is 0 Å². The summed E-state index contributed by atoms with van der Waals surface area (Å²) < 4.78 is 5.53. The van der Waals surface area contributed by atoms with E-state index < -0.39 is 0 Å². The molecule has 1 fully saturated rings. The van der Waals surface area contributed by atoms with Gasteiger partial charge < -0.3 is 14.7 Å². The van der Waals surface area contributed by atoms with Crippen LogP contribution in [0.2, 0.25) is 0 Å². The largest absolute Gasteiger partial charge is 0.507 e. The topological polar surface area (TPSA) is 66.8 Å². The number of nitrogens with zero attached hydrogens (tertiary/aromatic N) is 1. The number of phenols is 1. The highest BCUT2D eigenvalue weighted by Gasteiger charge is 2.23. The van der Waals surface area contributed by atoms with Crippen LogP contribution in [0.1, 0.15) is 23.2 Å². The van der Waals surface area contributed by atoms with E-state index in [0.717, 1.165) is 25.8 Å². The molecule has 0 aliphatic carbocycles. The predicted molar refractivity (Wildman–Crippen MR) is 64.8 cm³/mol. The summed E-state index contributed by atoms with van der Waals surface area (Å²) in [5.41, 5.74) is 0.146. The minimum absolute atomic E-state index is 0.0457. The number of hydrogen-bond acceptors (Lipinski definition) is 4. The molecular formula is C13H15NO4. The van der Waals surface area contributed by atoms with Gasteiger partial charge >= 0.3 is 0 Å². The maximum absolute atomic E-state index is 10.9. The number of phenolic OH excluding ortho intramolecular Hbond substituents is 1. The van der Waals surface area contributed by atoms with E-state index in [9.17, 15) is 14.7 Å². The Bertz CT molecular complexity index is 447. The number of aldehydes is 1. The molecule has 1 N–H and O–H groups in total. The number of amides is 1. The summed E-state index contributed by atoms with van der Waals surface area (Å²) in [6.07, 6.45) is 3.25. The van der Waals surface area contributed by atoms with Gasteiger partial charge in [0.05, 0.1) is 11.6 Å². The van der Waals surface area contributed by atoms with Crippen LogP contribution in [0.25, 0.3) is 0 Å². The van der Waals surface area contributed by atoms with Crippen LogP contribution in [0.4, 0.5) is 0 Å². The van der Waals surface area contributed by atoms with Crippen LogP contribution in [-0.4, -0.2) is 41.9 Å². The van der Waals surface area contributed by atoms with Gasteiger partial charge in [-0.15, -0.1) is 0 Å². The molecule has 1 aromatic carbocycles. The van der Waals surface area contributed by atoms with E-state index in [-0.39, 0.29) is 17.4 Å². The number of ether oxygens (including phenoxy) is 1. The summed E-state index contributed by atoms with van der Waals surface area (Å²) in [5.74, 6) is 0.254. The Morgan fingerprint density at radius 1 is 1.44 bits per heavy atom. The molecule has 2 rings (SSSR count). The molecule has 1 amide bonds. The van der Waals surface area contributed by atoms with Gasteiger partial charge in [-0.3, -0.25) is 9.59 Å². The number of likely N-dealkylation sites (tertiary alicyclic amines) is 1. The van der Waals surface area contributed by atoms with Crippen LogP contribution in [0, 0.1) is 0 Å². The monoisotopic (exact) mass is 249 g/mol. The van der Waals surface area contributed by atoms with Crippen molar-refractivity contribution >= 4 is 12.7 Å². The van der Waals surface area contributed by atoms with Crippen LogP contribution in [0.15, 0.2) is 18.2 Å². The third-order valence-corrected chi connectivity index (χ3v) is 3.15. The third kappa shape index (κ3) is 2.45. The molecule has 1 atom stereocenters. The van der Waals surface area contributed by atoms with Gasteiger partial charge in [-0.25, -0.2) is 0 Å². The number of carbonyl (C=O) groups excluding carboxylic acids is 2. The molecule has 1 saturated heterocycles. The third-order valence-electron chi connectivity index (χ3n) is 3.15. The molecule has 96 valence electrons. The Morgan fingerprint density at radius 2 is 2.28 bits per heavy atom. The van der Waals surface area contributed by atoms with Gasteiger partial charge in [0.1, 0.15) is 18.1 Å². The van der Waals surface area contributed by atoms with Crippen molar-refractivity contribution in [3.63, 3.8) is 0 Å². The summed E-state index contributed by atoms with van der Waals surface area (Å²) in [6, 6.07) is 4.72. The normalized spacial score (nSPS) is 18.7. The van der Waals surface area contributed by atoms with Crippen molar-refractivity contribution in [3.05, 3.63) is 23.8 Å². The maximum Gasteiger partial charge on any atom is 0.210 e. The first-order valence-corrected chi connectivity index (χ1v) is 5.87. The van der Waals surface area contributed by atoms with Gasteiger partial charge in [-0.05, 0) is 25.0 Å². The maximum atomic E-state index is 10.9. The van der Waals surface area contributed by atoms with Gasteiger partial charge in [0, 0.05) is 6.54 Å². The number of aromatic hydroxyl groups is 1. The van der Waals surface area contributed by atoms with Crippen molar-refractivity contribution in [2.75, 3.05) is 13.2 Å². The zero-order valence-electron chi connectivity index (χ0n) is 9.91. The van der Waals surface area contributed by atoms with Crippen LogP contribution in [-0.2, 0) is 4.79 Å². The van der Waals surface area contributed by atoms with Crippen molar-refractivity contribution < 1.29 is 19.4 Å². The van der Waals surface area contributed by atoms with Gasteiger partial charge in [-0.1, -0.05) is 6.07 Å². The standard InChI is InChI=1S/C13H15NO4/c15-7-11-12(17)4-1-5-13(11)18-8-10-3-2-6-14(10)9-16/h1,4-5,7,9-10,17H,2-3,6,8H2. The molecule has 0 spiro atoms. The van der Waals surface area contributed by atoms with E-state index in [0.29, 0.717) is 18.6 Å². The van der Waals surface area contributed by atoms with Crippen molar-refractivity contribution in [2.45, 2.75) is 18.9 Å². The average molecular weight is 249 g/mol. The van der Waals surface area contributed by atoms with Gasteiger partial charge in [0.2, 0.25) is 6.41 Å². The minimum atomic E-state index is -0.0961. The molecule has 1 aliphatic rings. The van der Waals surface area contributed by atoms with E-state index in [1.165, 1.54) is 6.07 Å². The number of hydrogen-bond donors (Lipinski definition) is 1. The summed E-state index contributed by atoms with van der Waals surface area (Å²) in [6.45, 7) is 1.08. The Morgan fingerprint density at radius 3 is 3.00 bits per heavy atom. The fraction of sp³-hybridized carbons (Fsp3) is 0.385. The average Bonchev–Trinajstić information content (AvgIpc) is 2.83. The molecule has 18 heavy (non-hydrogen) atoms. The lowest BCUT2D eigenvalue weighted by molar-refractivity contribution is -0.119. The number of carbonyl (C=O) groups is 2. The second-order valence-corrected chi connectivity index (χ2v) is 4.26. The van der Waals surface area contributed by atoms with Crippen molar-refractivity contribution in [2.24, 2.45) is 0 Å². The summed E-state index contributed by atoms with van der Waals surface area (Å²) in [5, 5.41) is 9.50. The molecule has 0 radical (unpaired) electrons. The van der Waals surface area contributed by atoms with E-state index in [1.807, 2.05) is 0 Å². The second kappa shape index (κ2) is 5.53. The number of rotatable bonds is 5. The SMILES string of the molecule is O=Cc1c(O)cccc1OCC1CCCN1C=O. The molecule has 1 aliphatic heterocycles. The fourth-order valence-corrected chi connectivity index (χ4v) is 2.14. The molecule has 1 aromatic rings. The zero-order valence-corrected chi connectivity index (χ0v) is 9.91.